The normalized spacial score (nSPS) is 13.3. The third-order valence-electron chi connectivity index (χ3n) is 11.9. The van der Waals surface area contributed by atoms with E-state index in [2.05, 4.69) is 90.5 Å². The van der Waals surface area contributed by atoms with Crippen LogP contribution in [0.4, 0.5) is 105 Å². The summed E-state index contributed by atoms with van der Waals surface area (Å²) in [4.78, 5) is 0. The lowest BCUT2D eigenvalue weighted by Gasteiger charge is -2.46. The Morgan fingerprint density at radius 3 is 0.870 bits per heavy atom. The highest BCUT2D eigenvalue weighted by atomic mass is 19.4. The van der Waals surface area contributed by atoms with Crippen molar-refractivity contribution in [1.82, 2.24) is 0 Å². The fourth-order valence-corrected chi connectivity index (χ4v) is 8.53. The first-order valence-corrected chi connectivity index (χ1v) is 21.5. The highest BCUT2D eigenvalue weighted by Crippen LogP contribution is 2.41. The van der Waals surface area contributed by atoms with Gasteiger partial charge in [0.05, 0.1) is 44.5 Å². The van der Waals surface area contributed by atoms with Crippen LogP contribution in [0.5, 0.6) is 0 Å². The standard InChI is InChI=1S/C32H12BF24.C19H18N/c34-25(35,36)13-1-14(26(37,38)39)6-21(5-13)33(22-7-15(27(40,41)42)2-16(8-22)28(43,44)45,23-9-17(29(46,47)48)3-18(10-23)30(49,50)51)24-11-19(31(52,53)54)4-20(12-24)32(55,56)57;1-16-8-7-11-18(14-16)19-12-5-6-13-20(19)15-17-9-3-2-4-10-17/h1-12H;2-14H,15H2,1H3/q-1;+1. The molecule has 1 nitrogen and oxygen atoms in total. The molecule has 77 heavy (non-hydrogen) atoms. The monoisotopic (exact) mass is 1120 g/mol. The molecule has 26 heteroatoms. The van der Waals surface area contributed by atoms with Crippen LogP contribution >= 0.6 is 0 Å². The van der Waals surface area contributed by atoms with Crippen LogP contribution in [0.1, 0.15) is 55.6 Å². The van der Waals surface area contributed by atoms with Crippen molar-refractivity contribution in [3.63, 3.8) is 0 Å². The molecule has 1 aromatic heterocycles. The molecule has 410 valence electrons. The molecule has 0 saturated carbocycles. The molecule has 0 saturated heterocycles. The molecule has 0 amide bonds. The molecule has 7 rings (SSSR count). The van der Waals surface area contributed by atoms with E-state index >= 15 is 0 Å². The Labute approximate surface area is 418 Å². The number of aromatic nitrogens is 1. The molecule has 7 aromatic rings. The van der Waals surface area contributed by atoms with Crippen molar-refractivity contribution in [2.45, 2.75) is 62.9 Å². The smallest absolute Gasteiger partial charge is 0.194 e. The summed E-state index contributed by atoms with van der Waals surface area (Å²) in [6, 6.07) is 16.8. The fourth-order valence-electron chi connectivity index (χ4n) is 8.53. The molecule has 0 aliphatic carbocycles. The van der Waals surface area contributed by atoms with Gasteiger partial charge in [-0.2, -0.15) is 132 Å². The number of nitrogens with zero attached hydrogens (tertiary/aromatic N) is 1. The van der Waals surface area contributed by atoms with E-state index in [0.717, 1.165) is 6.54 Å². The largest absolute Gasteiger partial charge is 0.416 e. The Bertz CT molecular complexity index is 2790. The molecular formula is C51H30BF24N. The topological polar surface area (TPSA) is 3.88 Å². The van der Waals surface area contributed by atoms with Gasteiger partial charge in [-0.1, -0.05) is 96.6 Å². The maximum atomic E-state index is 14.2. The molecule has 0 bridgehead atoms. The number of pyridine rings is 1. The highest BCUT2D eigenvalue weighted by Gasteiger charge is 2.47. The van der Waals surface area contributed by atoms with Gasteiger partial charge in [0.15, 0.2) is 12.7 Å². The first kappa shape index (κ1) is 59.1. The summed E-state index contributed by atoms with van der Waals surface area (Å²) in [5.41, 5.74) is -25.1. The Morgan fingerprint density at radius 1 is 0.312 bits per heavy atom. The summed E-state index contributed by atoms with van der Waals surface area (Å²) in [5, 5.41) is 0. The summed E-state index contributed by atoms with van der Waals surface area (Å²) >= 11 is 0. The highest BCUT2D eigenvalue weighted by molar-refractivity contribution is 7.20. The van der Waals surface area contributed by atoms with Gasteiger partial charge in [0.25, 0.3) is 0 Å². The quantitative estimate of drug-likeness (QED) is 0.0851. The van der Waals surface area contributed by atoms with Gasteiger partial charge in [-0.05, 0) is 49.4 Å². The van der Waals surface area contributed by atoms with E-state index in [-0.39, 0.29) is 0 Å². The van der Waals surface area contributed by atoms with Crippen LogP contribution in [0.2, 0.25) is 0 Å². The lowest BCUT2D eigenvalue weighted by molar-refractivity contribution is -0.677. The van der Waals surface area contributed by atoms with Gasteiger partial charge in [-0.3, -0.25) is 0 Å². The maximum absolute atomic E-state index is 14.2. The Kier molecular flexibility index (Phi) is 15.9. The zero-order chi connectivity index (χ0) is 57.7. The van der Waals surface area contributed by atoms with E-state index in [1.807, 2.05) is 0 Å². The van der Waals surface area contributed by atoms with Gasteiger partial charge in [0.2, 0.25) is 5.69 Å². The van der Waals surface area contributed by atoms with Crippen LogP contribution in [0, 0.1) is 6.92 Å². The molecule has 0 aliphatic heterocycles. The molecule has 0 unspecified atom stereocenters. The van der Waals surface area contributed by atoms with Crippen LogP contribution in [0.15, 0.2) is 152 Å². The van der Waals surface area contributed by atoms with E-state index in [0.29, 0.717) is 0 Å². The van der Waals surface area contributed by atoms with Crippen molar-refractivity contribution >= 4 is 28.0 Å². The van der Waals surface area contributed by atoms with Gasteiger partial charge in [0.1, 0.15) is 6.15 Å². The maximum Gasteiger partial charge on any atom is 0.416 e. The second kappa shape index (κ2) is 20.7. The fraction of sp³-hybridized carbons (Fsp3) is 0.196. The summed E-state index contributed by atoms with van der Waals surface area (Å²) < 4.78 is 343. The molecule has 0 fully saturated rings. The number of alkyl halides is 24. The minimum Gasteiger partial charge on any atom is -0.194 e. The summed E-state index contributed by atoms with van der Waals surface area (Å²) in [6.07, 6.45) is -52.7. The van der Waals surface area contributed by atoms with Crippen LogP contribution in [-0.4, -0.2) is 6.15 Å². The predicted octanol–water partition coefficient (Wildman–Crippen LogP) is 15.2. The van der Waals surface area contributed by atoms with Gasteiger partial charge < -0.3 is 0 Å². The average molecular weight is 1120 g/mol. The number of benzene rings is 6. The van der Waals surface area contributed by atoms with Crippen LogP contribution in [-0.2, 0) is 56.0 Å². The van der Waals surface area contributed by atoms with E-state index in [1.165, 1.54) is 22.4 Å². The predicted molar refractivity (Wildman–Crippen MR) is 232 cm³/mol. The Balaban J connectivity index is 0.000000397. The second-order valence-electron chi connectivity index (χ2n) is 17.3. The first-order valence-electron chi connectivity index (χ1n) is 21.5. The zero-order valence-corrected chi connectivity index (χ0v) is 38.2. The molecule has 0 spiro atoms. The first-order chi connectivity index (χ1) is 35.1. The summed E-state index contributed by atoms with van der Waals surface area (Å²) in [7, 11) is 0. The van der Waals surface area contributed by atoms with Gasteiger partial charge in [-0.25, -0.2) is 0 Å². The number of halogens is 24. The van der Waals surface area contributed by atoms with Crippen LogP contribution in [0.25, 0.3) is 11.3 Å². The number of hydrogen-bond acceptors (Lipinski definition) is 0. The molecular weight excluding hydrogens is 1090 g/mol. The van der Waals surface area contributed by atoms with Crippen molar-refractivity contribution in [2.24, 2.45) is 0 Å². The minimum atomic E-state index is -6.13. The van der Waals surface area contributed by atoms with Crippen molar-refractivity contribution in [3.05, 3.63) is 207 Å². The van der Waals surface area contributed by atoms with Gasteiger partial charge in [0, 0.05) is 23.3 Å². The molecule has 0 N–H and O–H groups in total. The molecule has 6 aromatic carbocycles. The SMILES string of the molecule is Cc1cccc(-c2cccc[n+]2Cc2ccccc2)c1.FC(F)(F)c1cc([B-](c2cc(C(F)(F)F)cc(C(F)(F)F)c2)(c2cc(C(F)(F)F)cc(C(F)(F)F)c2)c2cc(C(F)(F)F)cc(C(F)(F)F)c2)cc(C(F)(F)F)c1. The van der Waals surface area contributed by atoms with E-state index in [9.17, 15) is 105 Å². The summed E-state index contributed by atoms with van der Waals surface area (Å²) in [5.74, 6) is 0. The third-order valence-corrected chi connectivity index (χ3v) is 11.9. The number of rotatable bonds is 7. The molecule has 0 radical (unpaired) electrons. The van der Waals surface area contributed by atoms with Gasteiger partial charge in [-0.15, -0.1) is 0 Å². The van der Waals surface area contributed by atoms with Crippen molar-refractivity contribution < 1.29 is 110 Å². The third kappa shape index (κ3) is 13.7. The van der Waals surface area contributed by atoms with Gasteiger partial charge >= 0.3 is 49.4 Å². The summed E-state index contributed by atoms with van der Waals surface area (Å²) in [6.45, 7) is 3.03. The Hall–Kier alpha value is -7.15. The lowest BCUT2D eigenvalue weighted by atomic mass is 9.12. The van der Waals surface area contributed by atoms with Crippen LogP contribution < -0.4 is 26.4 Å². The average Bonchev–Trinajstić information content (AvgIpc) is 3.30. The molecule has 1 heterocycles. The second-order valence-corrected chi connectivity index (χ2v) is 17.3. The zero-order valence-electron chi connectivity index (χ0n) is 38.2. The van der Waals surface area contributed by atoms with Crippen molar-refractivity contribution in [3.8, 4) is 11.3 Å². The Morgan fingerprint density at radius 2 is 0.597 bits per heavy atom. The molecule has 0 atom stereocenters. The number of aryl methyl sites for hydroxylation is 1. The van der Waals surface area contributed by atoms with E-state index < -0.39 is 195 Å². The lowest BCUT2D eigenvalue weighted by Crippen LogP contribution is -2.75. The van der Waals surface area contributed by atoms with Crippen LogP contribution in [0.3, 0.4) is 0 Å². The van der Waals surface area contributed by atoms with Crippen molar-refractivity contribution in [1.29, 1.82) is 0 Å². The van der Waals surface area contributed by atoms with E-state index in [1.54, 1.807) is 0 Å². The van der Waals surface area contributed by atoms with E-state index in [4.69, 9.17) is 0 Å². The molecule has 0 aliphatic rings. The van der Waals surface area contributed by atoms with Crippen molar-refractivity contribution in [2.75, 3.05) is 0 Å². The minimum absolute atomic E-state index is 0.691. The number of hydrogen-bond donors (Lipinski definition) is 0.